The van der Waals surface area contributed by atoms with Crippen molar-refractivity contribution in [3.8, 4) is 0 Å². The number of hydrogen-bond donors (Lipinski definition) is 1. The number of hydrazine groups is 1. The molecule has 60 valence electrons. The molecule has 0 aliphatic carbocycles. The largest absolute Gasteiger partial charge is 0.405 e. The van der Waals surface area contributed by atoms with Crippen molar-refractivity contribution < 1.29 is 13.2 Å². The van der Waals surface area contributed by atoms with Crippen molar-refractivity contribution in [3.05, 3.63) is 0 Å². The summed E-state index contributed by atoms with van der Waals surface area (Å²) in [6.07, 6.45) is -4.16. The summed E-state index contributed by atoms with van der Waals surface area (Å²) >= 11 is 5.24. The maximum absolute atomic E-state index is 11.8. The van der Waals surface area contributed by atoms with Crippen LogP contribution in [-0.4, -0.2) is 23.3 Å². The summed E-state index contributed by atoms with van der Waals surface area (Å²) in [5.74, 6) is 0. The highest BCUT2D eigenvalue weighted by molar-refractivity contribution is 6.13. The molecule has 1 aliphatic rings. The second kappa shape index (κ2) is 2.56. The van der Waals surface area contributed by atoms with Gasteiger partial charge in [-0.15, -0.1) is 0 Å². The first-order chi connectivity index (χ1) is 4.50. The lowest BCUT2D eigenvalue weighted by molar-refractivity contribution is -0.154. The van der Waals surface area contributed by atoms with Crippen molar-refractivity contribution in [3.63, 3.8) is 0 Å². The molecule has 0 saturated carbocycles. The molecule has 1 fully saturated rings. The van der Waals surface area contributed by atoms with Crippen LogP contribution in [0.25, 0.3) is 0 Å². The predicted octanol–water partition coefficient (Wildman–Crippen LogP) is 1.28. The molecule has 0 aromatic heterocycles. The lowest BCUT2D eigenvalue weighted by Crippen LogP contribution is -2.40. The van der Waals surface area contributed by atoms with Crippen LogP contribution in [0.3, 0.4) is 0 Å². The summed E-state index contributed by atoms with van der Waals surface area (Å²) < 4.78 is 36.3. The Hall–Kier alpha value is -0.0000000000000000208. The van der Waals surface area contributed by atoms with Gasteiger partial charge in [0.15, 0.2) is 0 Å². The second-order valence-electron chi connectivity index (χ2n) is 2.10. The molecule has 1 atom stereocenters. The van der Waals surface area contributed by atoms with Crippen LogP contribution in [0.2, 0.25) is 0 Å². The normalized spacial score (nSPS) is 29.4. The minimum Gasteiger partial charge on any atom is -0.229 e. The smallest absolute Gasteiger partial charge is 0.229 e. The summed E-state index contributed by atoms with van der Waals surface area (Å²) in [5.41, 5.74) is 2.07. The first-order valence-corrected chi connectivity index (χ1v) is 3.10. The number of alkyl halides is 3. The van der Waals surface area contributed by atoms with Gasteiger partial charge in [0.2, 0.25) is 0 Å². The maximum atomic E-state index is 11.8. The van der Waals surface area contributed by atoms with E-state index in [4.69, 9.17) is 11.8 Å². The minimum atomic E-state index is -4.18. The predicted molar refractivity (Wildman–Crippen MR) is 30.2 cm³/mol. The van der Waals surface area contributed by atoms with Gasteiger partial charge in [0.1, 0.15) is 6.04 Å². The van der Waals surface area contributed by atoms with Crippen LogP contribution in [0.5, 0.6) is 0 Å². The molecule has 0 aromatic rings. The molecule has 1 aliphatic heterocycles. The van der Waals surface area contributed by atoms with E-state index in [9.17, 15) is 13.2 Å². The van der Waals surface area contributed by atoms with Crippen molar-refractivity contribution >= 4 is 11.8 Å². The molecule has 6 heteroatoms. The Morgan fingerprint density at radius 3 is 2.30 bits per heavy atom. The van der Waals surface area contributed by atoms with Crippen LogP contribution >= 0.6 is 11.8 Å². The van der Waals surface area contributed by atoms with Gasteiger partial charge in [-0.05, 0) is 18.2 Å². The lowest BCUT2D eigenvalue weighted by Gasteiger charge is -2.14. The average molecular weight is 175 g/mol. The first kappa shape index (κ1) is 8.10. The van der Waals surface area contributed by atoms with Crippen molar-refractivity contribution in [2.24, 2.45) is 0 Å². The number of nitrogens with one attached hydrogen (secondary N) is 1. The third-order valence-electron chi connectivity index (χ3n) is 1.31. The third-order valence-corrected chi connectivity index (χ3v) is 1.57. The zero-order valence-corrected chi connectivity index (χ0v) is 5.71. The Morgan fingerprint density at radius 1 is 1.50 bits per heavy atom. The molecule has 0 spiro atoms. The van der Waals surface area contributed by atoms with Gasteiger partial charge >= 0.3 is 6.18 Å². The van der Waals surface area contributed by atoms with E-state index in [1.807, 2.05) is 0 Å². The van der Waals surface area contributed by atoms with Crippen LogP contribution in [0, 0.1) is 0 Å². The van der Waals surface area contributed by atoms with Crippen LogP contribution in [0.15, 0.2) is 0 Å². The molecule has 1 rings (SSSR count). The molecule has 2 nitrogen and oxygen atoms in total. The molecule has 1 unspecified atom stereocenters. The fourth-order valence-electron chi connectivity index (χ4n) is 0.777. The molecule has 1 N–H and O–H groups in total. The van der Waals surface area contributed by atoms with Crippen LogP contribution in [-0.2, 0) is 0 Å². The van der Waals surface area contributed by atoms with Crippen LogP contribution < -0.4 is 5.43 Å². The zero-order chi connectivity index (χ0) is 7.78. The third kappa shape index (κ3) is 1.74. The molecule has 1 heterocycles. The van der Waals surface area contributed by atoms with Gasteiger partial charge < -0.3 is 0 Å². The van der Waals surface area contributed by atoms with Gasteiger partial charge in [0, 0.05) is 6.54 Å². The Kier molecular flexibility index (Phi) is 2.07. The van der Waals surface area contributed by atoms with Crippen LogP contribution in [0.1, 0.15) is 6.42 Å². The SMILES string of the molecule is FC(F)(F)C1CCN(Cl)N1. The van der Waals surface area contributed by atoms with Gasteiger partial charge in [-0.2, -0.15) is 17.7 Å². The van der Waals surface area contributed by atoms with Crippen molar-refractivity contribution in [2.75, 3.05) is 6.54 Å². The van der Waals surface area contributed by atoms with E-state index in [0.717, 1.165) is 4.53 Å². The molecule has 0 bridgehead atoms. The van der Waals surface area contributed by atoms with E-state index < -0.39 is 12.2 Å². The molecular formula is C4H6ClF3N2. The van der Waals surface area contributed by atoms with Crippen molar-refractivity contribution in [2.45, 2.75) is 18.6 Å². The number of hydrogen-bond acceptors (Lipinski definition) is 2. The van der Waals surface area contributed by atoms with E-state index in [1.54, 1.807) is 0 Å². The molecule has 0 aromatic carbocycles. The van der Waals surface area contributed by atoms with E-state index >= 15 is 0 Å². The van der Waals surface area contributed by atoms with Gasteiger partial charge in [0.05, 0.1) is 0 Å². The van der Waals surface area contributed by atoms with E-state index in [-0.39, 0.29) is 13.0 Å². The average Bonchev–Trinajstić information content (AvgIpc) is 2.11. The first-order valence-electron chi connectivity index (χ1n) is 2.76. The van der Waals surface area contributed by atoms with Gasteiger partial charge in [0.25, 0.3) is 0 Å². The number of nitrogens with zero attached hydrogens (tertiary/aromatic N) is 1. The molecular weight excluding hydrogens is 169 g/mol. The number of halogens is 4. The minimum absolute atomic E-state index is 0.0208. The topological polar surface area (TPSA) is 15.3 Å². The Labute approximate surface area is 61.0 Å². The second-order valence-corrected chi connectivity index (χ2v) is 2.51. The van der Waals surface area contributed by atoms with Crippen molar-refractivity contribution in [1.82, 2.24) is 9.95 Å². The molecule has 0 amide bonds. The highest BCUT2D eigenvalue weighted by Gasteiger charge is 2.43. The molecule has 1 saturated heterocycles. The Morgan fingerprint density at radius 2 is 2.10 bits per heavy atom. The lowest BCUT2D eigenvalue weighted by atomic mass is 10.2. The fraction of sp³-hybridized carbons (Fsp3) is 1.00. The Balaban J connectivity index is 2.45. The summed E-state index contributed by atoms with van der Waals surface area (Å²) in [4.78, 5) is 0. The monoisotopic (exact) mass is 174 g/mol. The highest BCUT2D eigenvalue weighted by atomic mass is 35.5. The van der Waals surface area contributed by atoms with Crippen molar-refractivity contribution in [1.29, 1.82) is 0 Å². The Bertz CT molecular complexity index is 126. The highest BCUT2D eigenvalue weighted by Crippen LogP contribution is 2.26. The number of rotatable bonds is 0. The van der Waals surface area contributed by atoms with E-state index in [2.05, 4.69) is 5.43 Å². The van der Waals surface area contributed by atoms with Crippen LogP contribution in [0.4, 0.5) is 13.2 Å². The molecule has 0 radical (unpaired) electrons. The quantitative estimate of drug-likeness (QED) is 0.557. The molecule has 10 heavy (non-hydrogen) atoms. The fourth-order valence-corrected chi connectivity index (χ4v) is 0.993. The van der Waals surface area contributed by atoms with E-state index in [1.165, 1.54) is 0 Å². The summed E-state index contributed by atoms with van der Waals surface area (Å²) in [6.45, 7) is 0.228. The van der Waals surface area contributed by atoms with Gasteiger partial charge in [-0.25, -0.2) is 5.43 Å². The summed E-state index contributed by atoms with van der Waals surface area (Å²) in [7, 11) is 0. The van der Waals surface area contributed by atoms with Gasteiger partial charge in [-0.3, -0.25) is 0 Å². The summed E-state index contributed by atoms with van der Waals surface area (Å²) in [5, 5.41) is 0. The zero-order valence-electron chi connectivity index (χ0n) is 4.95. The van der Waals surface area contributed by atoms with Gasteiger partial charge in [-0.1, -0.05) is 0 Å². The summed E-state index contributed by atoms with van der Waals surface area (Å²) in [6, 6.07) is -1.47. The standard InChI is InChI=1S/C4H6ClF3N2/c5-10-2-1-3(9-10)4(6,7)8/h3,9H,1-2H2. The maximum Gasteiger partial charge on any atom is 0.405 e. The van der Waals surface area contributed by atoms with E-state index in [0.29, 0.717) is 0 Å².